The average molecular weight is 247 g/mol. The summed E-state index contributed by atoms with van der Waals surface area (Å²) < 4.78 is 5.10. The van der Waals surface area contributed by atoms with Gasteiger partial charge < -0.3 is 15.2 Å². The Morgan fingerprint density at radius 3 is 2.89 bits per heavy atom. The van der Waals surface area contributed by atoms with Gasteiger partial charge in [0.1, 0.15) is 5.60 Å². The topological polar surface area (TPSA) is 58.6 Å². The highest BCUT2D eigenvalue weighted by Gasteiger charge is 2.32. The second-order valence-electron chi connectivity index (χ2n) is 4.49. The van der Waals surface area contributed by atoms with Crippen LogP contribution >= 0.6 is 0 Å². The molecule has 0 saturated carbocycles. The van der Waals surface area contributed by atoms with E-state index in [-0.39, 0.29) is 19.1 Å². The summed E-state index contributed by atoms with van der Waals surface area (Å²) in [6, 6.07) is 9.59. The van der Waals surface area contributed by atoms with Gasteiger partial charge in [0.2, 0.25) is 5.91 Å². The SMILES string of the molecule is O=C(/C=C/c1ccccc1)NC[C@@]1(O)CCOC1. The zero-order valence-corrected chi connectivity index (χ0v) is 10.1. The highest BCUT2D eigenvalue weighted by Crippen LogP contribution is 2.16. The van der Waals surface area contributed by atoms with Gasteiger partial charge in [0.25, 0.3) is 0 Å². The van der Waals surface area contributed by atoms with Gasteiger partial charge in [-0.2, -0.15) is 0 Å². The largest absolute Gasteiger partial charge is 0.386 e. The van der Waals surface area contributed by atoms with Crippen LogP contribution in [-0.2, 0) is 9.53 Å². The van der Waals surface area contributed by atoms with E-state index in [0.29, 0.717) is 13.0 Å². The van der Waals surface area contributed by atoms with Crippen LogP contribution in [0.2, 0.25) is 0 Å². The van der Waals surface area contributed by atoms with E-state index in [1.54, 1.807) is 6.08 Å². The van der Waals surface area contributed by atoms with E-state index in [1.165, 1.54) is 6.08 Å². The molecule has 1 amide bonds. The molecule has 0 spiro atoms. The number of hydrogen-bond donors (Lipinski definition) is 2. The quantitative estimate of drug-likeness (QED) is 0.779. The number of rotatable bonds is 4. The number of benzene rings is 1. The zero-order valence-electron chi connectivity index (χ0n) is 10.1. The van der Waals surface area contributed by atoms with Crippen molar-refractivity contribution in [3.8, 4) is 0 Å². The van der Waals surface area contributed by atoms with Crippen LogP contribution in [0.15, 0.2) is 36.4 Å². The van der Waals surface area contributed by atoms with E-state index >= 15 is 0 Å². The number of ether oxygens (including phenoxy) is 1. The molecule has 18 heavy (non-hydrogen) atoms. The Labute approximate surface area is 106 Å². The maximum absolute atomic E-state index is 11.6. The standard InChI is InChI=1S/C14H17NO3/c16-13(7-6-12-4-2-1-3-5-12)15-10-14(17)8-9-18-11-14/h1-7,17H,8-11H2,(H,15,16)/b7-6+/t14-/m0/s1. The number of amides is 1. The average Bonchev–Trinajstić information content (AvgIpc) is 2.83. The summed E-state index contributed by atoms with van der Waals surface area (Å²) in [7, 11) is 0. The first-order valence-electron chi connectivity index (χ1n) is 5.99. The second-order valence-corrected chi connectivity index (χ2v) is 4.49. The summed E-state index contributed by atoms with van der Waals surface area (Å²) in [4.78, 5) is 11.6. The van der Waals surface area contributed by atoms with Gasteiger partial charge in [-0.1, -0.05) is 30.3 Å². The third kappa shape index (κ3) is 3.68. The molecule has 0 radical (unpaired) electrons. The van der Waals surface area contributed by atoms with Crippen LogP contribution in [0.3, 0.4) is 0 Å². The van der Waals surface area contributed by atoms with E-state index < -0.39 is 5.60 Å². The fourth-order valence-corrected chi connectivity index (χ4v) is 1.78. The molecule has 1 aromatic rings. The molecule has 1 aromatic carbocycles. The molecular weight excluding hydrogens is 230 g/mol. The summed E-state index contributed by atoms with van der Waals surface area (Å²) >= 11 is 0. The Kier molecular flexibility index (Phi) is 4.12. The first-order valence-corrected chi connectivity index (χ1v) is 5.99. The third-order valence-corrected chi connectivity index (χ3v) is 2.90. The van der Waals surface area contributed by atoms with Gasteiger partial charge in [-0.3, -0.25) is 4.79 Å². The van der Waals surface area contributed by atoms with Crippen molar-refractivity contribution in [2.75, 3.05) is 19.8 Å². The summed E-state index contributed by atoms with van der Waals surface area (Å²) in [5, 5.41) is 12.6. The lowest BCUT2D eigenvalue weighted by Gasteiger charge is -2.19. The van der Waals surface area contributed by atoms with Gasteiger partial charge in [-0.05, 0) is 11.6 Å². The lowest BCUT2D eigenvalue weighted by molar-refractivity contribution is -0.117. The van der Waals surface area contributed by atoms with Gasteiger partial charge in [0.15, 0.2) is 0 Å². The molecule has 1 heterocycles. The maximum atomic E-state index is 11.6. The summed E-state index contributed by atoms with van der Waals surface area (Å²) in [5.41, 5.74) is 0.0616. The molecule has 96 valence electrons. The highest BCUT2D eigenvalue weighted by atomic mass is 16.5. The molecule has 2 rings (SSSR count). The van der Waals surface area contributed by atoms with Crippen molar-refractivity contribution in [3.05, 3.63) is 42.0 Å². The monoisotopic (exact) mass is 247 g/mol. The minimum atomic E-state index is -0.907. The van der Waals surface area contributed by atoms with Crippen LogP contribution in [0.1, 0.15) is 12.0 Å². The summed E-state index contributed by atoms with van der Waals surface area (Å²) in [5.74, 6) is -0.209. The molecule has 4 heteroatoms. The molecule has 1 atom stereocenters. The number of hydrogen-bond acceptors (Lipinski definition) is 3. The first-order chi connectivity index (χ1) is 8.68. The van der Waals surface area contributed by atoms with Crippen molar-refractivity contribution >= 4 is 12.0 Å². The summed E-state index contributed by atoms with van der Waals surface area (Å²) in [6.45, 7) is 1.06. The van der Waals surface area contributed by atoms with Crippen molar-refractivity contribution in [3.63, 3.8) is 0 Å². The Morgan fingerprint density at radius 2 is 2.22 bits per heavy atom. The van der Waals surface area contributed by atoms with E-state index in [0.717, 1.165) is 5.56 Å². The first kappa shape index (κ1) is 12.8. The molecular formula is C14H17NO3. The Hall–Kier alpha value is -1.65. The molecule has 2 N–H and O–H groups in total. The Bertz CT molecular complexity index is 422. The predicted molar refractivity (Wildman–Crippen MR) is 68.9 cm³/mol. The highest BCUT2D eigenvalue weighted by molar-refractivity contribution is 5.91. The second kappa shape index (κ2) is 5.80. The number of nitrogens with one attached hydrogen (secondary N) is 1. The Morgan fingerprint density at radius 1 is 1.44 bits per heavy atom. The third-order valence-electron chi connectivity index (χ3n) is 2.90. The van der Waals surface area contributed by atoms with Crippen LogP contribution in [0.25, 0.3) is 6.08 Å². The van der Waals surface area contributed by atoms with Crippen LogP contribution in [0, 0.1) is 0 Å². The van der Waals surface area contributed by atoms with Crippen LogP contribution in [0.5, 0.6) is 0 Å². The number of carbonyl (C=O) groups excluding carboxylic acids is 1. The van der Waals surface area contributed by atoms with Crippen molar-refractivity contribution in [2.45, 2.75) is 12.0 Å². The van der Waals surface area contributed by atoms with Gasteiger partial charge in [0, 0.05) is 25.6 Å². The molecule has 0 bridgehead atoms. The van der Waals surface area contributed by atoms with Crippen molar-refractivity contribution in [1.29, 1.82) is 0 Å². The molecule has 1 aliphatic heterocycles. The lowest BCUT2D eigenvalue weighted by Crippen LogP contribution is -2.42. The predicted octanol–water partition coefficient (Wildman–Crippen LogP) is 0.967. The van der Waals surface area contributed by atoms with Gasteiger partial charge in [0.05, 0.1) is 6.61 Å². The van der Waals surface area contributed by atoms with Gasteiger partial charge in [-0.15, -0.1) is 0 Å². The fraction of sp³-hybridized carbons (Fsp3) is 0.357. The molecule has 1 aliphatic rings. The summed E-state index contributed by atoms with van der Waals surface area (Å²) in [6.07, 6.45) is 3.77. The molecule has 0 unspecified atom stereocenters. The van der Waals surface area contributed by atoms with E-state index in [2.05, 4.69) is 5.32 Å². The van der Waals surface area contributed by atoms with E-state index in [9.17, 15) is 9.90 Å². The van der Waals surface area contributed by atoms with Crippen molar-refractivity contribution in [2.24, 2.45) is 0 Å². The van der Waals surface area contributed by atoms with Gasteiger partial charge in [-0.25, -0.2) is 0 Å². The normalized spacial score (nSPS) is 23.4. The van der Waals surface area contributed by atoms with Crippen LogP contribution < -0.4 is 5.32 Å². The molecule has 0 aromatic heterocycles. The van der Waals surface area contributed by atoms with Crippen LogP contribution in [0.4, 0.5) is 0 Å². The Balaban J connectivity index is 1.80. The lowest BCUT2D eigenvalue weighted by atomic mass is 10.0. The number of aliphatic hydroxyl groups is 1. The zero-order chi connectivity index (χ0) is 12.8. The molecule has 0 aliphatic carbocycles. The smallest absolute Gasteiger partial charge is 0.244 e. The van der Waals surface area contributed by atoms with Crippen LogP contribution in [-0.4, -0.2) is 36.4 Å². The molecule has 1 fully saturated rings. The van der Waals surface area contributed by atoms with Crippen molar-refractivity contribution < 1.29 is 14.6 Å². The molecule has 1 saturated heterocycles. The van der Waals surface area contributed by atoms with E-state index in [4.69, 9.17) is 4.74 Å². The number of carbonyl (C=O) groups is 1. The van der Waals surface area contributed by atoms with E-state index in [1.807, 2.05) is 30.3 Å². The van der Waals surface area contributed by atoms with Crippen molar-refractivity contribution in [1.82, 2.24) is 5.32 Å². The maximum Gasteiger partial charge on any atom is 0.244 e. The fourth-order valence-electron chi connectivity index (χ4n) is 1.78. The minimum Gasteiger partial charge on any atom is -0.386 e. The molecule has 4 nitrogen and oxygen atoms in total. The minimum absolute atomic E-state index is 0.209. The van der Waals surface area contributed by atoms with Gasteiger partial charge >= 0.3 is 0 Å².